The van der Waals surface area contributed by atoms with Crippen LogP contribution in [0.5, 0.6) is 0 Å². The van der Waals surface area contributed by atoms with Crippen LogP contribution < -0.4 is 5.32 Å². The van der Waals surface area contributed by atoms with E-state index in [1.807, 2.05) is 0 Å². The minimum absolute atomic E-state index is 0.446. The molecule has 1 atom stereocenters. The van der Waals surface area contributed by atoms with Crippen LogP contribution in [0.3, 0.4) is 0 Å². The lowest BCUT2D eigenvalue weighted by Crippen LogP contribution is -2.22. The number of hydrogen-bond donors (Lipinski definition) is 1. The van der Waals surface area contributed by atoms with Crippen molar-refractivity contribution in [3.8, 4) is 0 Å². The van der Waals surface area contributed by atoms with Gasteiger partial charge in [0, 0.05) is 6.54 Å². The zero-order chi connectivity index (χ0) is 15.9. The zero-order valence-corrected chi connectivity index (χ0v) is 15.9. The Morgan fingerprint density at radius 1 is 0.818 bits per heavy atom. The predicted molar refractivity (Wildman–Crippen MR) is 102 cm³/mol. The molecule has 126 valence electrons. The van der Waals surface area contributed by atoms with Crippen LogP contribution in [-0.2, 0) is 6.54 Å². The summed E-state index contributed by atoms with van der Waals surface area (Å²) in [4.78, 5) is 0.446. The first-order chi connectivity index (χ1) is 10.8. The molecule has 1 N–H and O–H groups in total. The molecule has 0 saturated carbocycles. The van der Waals surface area contributed by atoms with Crippen LogP contribution in [0, 0.1) is 0 Å². The van der Waals surface area contributed by atoms with Crippen LogP contribution in [0.1, 0.15) is 83.1 Å². The molecule has 1 nitrogen and oxygen atoms in total. The number of benzene rings is 1. The quantitative estimate of drug-likeness (QED) is 0.216. The van der Waals surface area contributed by atoms with Crippen molar-refractivity contribution in [3.63, 3.8) is 0 Å². The molecule has 0 bridgehead atoms. The van der Waals surface area contributed by atoms with Gasteiger partial charge in [-0.15, -0.1) is 0 Å². The summed E-state index contributed by atoms with van der Waals surface area (Å²) in [6.07, 6.45) is 15.3. The van der Waals surface area contributed by atoms with Gasteiger partial charge in [0.1, 0.15) is 0 Å². The smallest absolute Gasteiger partial charge is 0.0633 e. The molecular weight excluding hydrogens is 334 g/mol. The van der Waals surface area contributed by atoms with Gasteiger partial charge in [-0.05, 0) is 12.0 Å². The van der Waals surface area contributed by atoms with Gasteiger partial charge in [-0.3, -0.25) is 0 Å². The number of halogens is 1. The van der Waals surface area contributed by atoms with E-state index in [2.05, 4.69) is 58.5 Å². The number of unbranched alkanes of at least 4 members (excludes halogenated alkanes) is 9. The number of hydrogen-bond acceptors (Lipinski definition) is 1. The van der Waals surface area contributed by atoms with Gasteiger partial charge in [-0.2, -0.15) is 0 Å². The third-order valence-corrected chi connectivity index (χ3v) is 4.96. The van der Waals surface area contributed by atoms with Crippen molar-refractivity contribution in [2.45, 2.75) is 89.0 Å². The first-order valence-electron chi connectivity index (χ1n) is 9.24. The summed E-state index contributed by atoms with van der Waals surface area (Å²) < 4.78 is 0. The average Bonchev–Trinajstić information content (AvgIpc) is 2.55. The average molecular weight is 368 g/mol. The highest BCUT2D eigenvalue weighted by molar-refractivity contribution is 9.09. The van der Waals surface area contributed by atoms with E-state index in [1.165, 1.54) is 76.2 Å². The highest BCUT2D eigenvalue weighted by atomic mass is 79.9. The van der Waals surface area contributed by atoms with E-state index in [-0.39, 0.29) is 0 Å². The lowest BCUT2D eigenvalue weighted by Gasteiger charge is -2.12. The van der Waals surface area contributed by atoms with Gasteiger partial charge < -0.3 is 5.32 Å². The van der Waals surface area contributed by atoms with E-state index >= 15 is 0 Å². The molecule has 0 aromatic heterocycles. The van der Waals surface area contributed by atoms with Crippen LogP contribution in [0.25, 0.3) is 0 Å². The Kier molecular flexibility index (Phi) is 12.8. The van der Waals surface area contributed by atoms with E-state index in [0.717, 1.165) is 6.54 Å². The summed E-state index contributed by atoms with van der Waals surface area (Å²) in [5.74, 6) is 0. The van der Waals surface area contributed by atoms with Crippen molar-refractivity contribution < 1.29 is 0 Å². The van der Waals surface area contributed by atoms with Crippen LogP contribution >= 0.6 is 15.9 Å². The first kappa shape index (κ1) is 19.7. The molecular formula is C20H34BrN. The van der Waals surface area contributed by atoms with E-state index in [1.54, 1.807) is 0 Å². The summed E-state index contributed by atoms with van der Waals surface area (Å²) in [5.41, 5.74) is 1.36. The summed E-state index contributed by atoms with van der Waals surface area (Å²) in [5, 5.41) is 3.55. The number of rotatable bonds is 14. The van der Waals surface area contributed by atoms with Crippen molar-refractivity contribution in [2.75, 3.05) is 0 Å². The number of alkyl halides is 1. The van der Waals surface area contributed by atoms with E-state index in [0.29, 0.717) is 4.95 Å². The Morgan fingerprint density at radius 3 is 1.95 bits per heavy atom. The monoisotopic (exact) mass is 367 g/mol. The number of nitrogens with one attached hydrogen (secondary N) is 1. The molecule has 0 heterocycles. The molecule has 0 fully saturated rings. The van der Waals surface area contributed by atoms with Gasteiger partial charge >= 0.3 is 0 Å². The minimum atomic E-state index is 0.446. The third-order valence-electron chi connectivity index (χ3n) is 4.18. The zero-order valence-electron chi connectivity index (χ0n) is 14.3. The molecule has 0 spiro atoms. The molecule has 0 amide bonds. The lowest BCUT2D eigenvalue weighted by atomic mass is 10.1. The molecule has 1 unspecified atom stereocenters. The van der Waals surface area contributed by atoms with Crippen molar-refractivity contribution >= 4 is 15.9 Å². The molecule has 0 radical (unpaired) electrons. The minimum Gasteiger partial charge on any atom is -0.301 e. The van der Waals surface area contributed by atoms with Gasteiger partial charge in [-0.1, -0.05) is 117 Å². The fourth-order valence-electron chi connectivity index (χ4n) is 2.74. The Balaban J connectivity index is 1.85. The second-order valence-electron chi connectivity index (χ2n) is 6.30. The maximum atomic E-state index is 3.74. The highest BCUT2D eigenvalue weighted by Gasteiger charge is 2.03. The Bertz CT molecular complexity index is 339. The maximum Gasteiger partial charge on any atom is 0.0633 e. The second-order valence-corrected chi connectivity index (χ2v) is 7.41. The van der Waals surface area contributed by atoms with E-state index < -0.39 is 0 Å². The maximum absolute atomic E-state index is 3.74. The van der Waals surface area contributed by atoms with Gasteiger partial charge in [-0.25, -0.2) is 0 Å². The molecule has 2 heteroatoms. The van der Waals surface area contributed by atoms with Crippen molar-refractivity contribution in [1.29, 1.82) is 0 Å². The summed E-state index contributed by atoms with van der Waals surface area (Å²) in [6, 6.07) is 10.6. The van der Waals surface area contributed by atoms with E-state index in [4.69, 9.17) is 0 Å². The molecule has 1 aromatic rings. The van der Waals surface area contributed by atoms with Gasteiger partial charge in [0.25, 0.3) is 0 Å². The van der Waals surface area contributed by atoms with Gasteiger partial charge in [0.05, 0.1) is 4.95 Å². The molecule has 1 aromatic carbocycles. The van der Waals surface area contributed by atoms with Crippen molar-refractivity contribution in [3.05, 3.63) is 35.9 Å². The molecule has 1 rings (SSSR count). The third kappa shape index (κ3) is 11.3. The summed E-state index contributed by atoms with van der Waals surface area (Å²) in [6.45, 7) is 3.24. The van der Waals surface area contributed by atoms with Crippen LogP contribution in [0.4, 0.5) is 0 Å². The lowest BCUT2D eigenvalue weighted by molar-refractivity contribution is 0.530. The largest absolute Gasteiger partial charge is 0.301 e. The first-order valence-corrected chi connectivity index (χ1v) is 10.2. The summed E-state index contributed by atoms with van der Waals surface area (Å²) >= 11 is 3.74. The molecule has 0 aliphatic heterocycles. The molecule has 0 aliphatic rings. The molecule has 0 saturated heterocycles. The Hall–Kier alpha value is -0.340. The second kappa shape index (κ2) is 14.3. The topological polar surface area (TPSA) is 12.0 Å². The van der Waals surface area contributed by atoms with Gasteiger partial charge in [0.15, 0.2) is 0 Å². The van der Waals surface area contributed by atoms with Crippen LogP contribution in [0.15, 0.2) is 30.3 Å². The Morgan fingerprint density at radius 2 is 1.36 bits per heavy atom. The van der Waals surface area contributed by atoms with Crippen LogP contribution in [0.2, 0.25) is 0 Å². The van der Waals surface area contributed by atoms with Crippen LogP contribution in [-0.4, -0.2) is 4.95 Å². The summed E-state index contributed by atoms with van der Waals surface area (Å²) in [7, 11) is 0. The SMILES string of the molecule is CCCCCCCCCCCCC(Br)NCc1ccccc1. The fourth-order valence-corrected chi connectivity index (χ4v) is 3.22. The van der Waals surface area contributed by atoms with E-state index in [9.17, 15) is 0 Å². The molecule has 0 aliphatic carbocycles. The van der Waals surface area contributed by atoms with Crippen molar-refractivity contribution in [2.24, 2.45) is 0 Å². The normalized spacial score (nSPS) is 12.5. The standard InChI is InChI=1S/C20H34BrN/c1-2-3-4-5-6-7-8-9-10-14-17-20(21)22-18-19-15-12-11-13-16-19/h11-13,15-16,20,22H,2-10,14,17-18H2,1H3. The highest BCUT2D eigenvalue weighted by Crippen LogP contribution is 2.14. The fraction of sp³-hybridized carbons (Fsp3) is 0.700. The predicted octanol–water partition coefficient (Wildman–Crippen LogP) is 6.81. The molecule has 22 heavy (non-hydrogen) atoms. The van der Waals surface area contributed by atoms with Crippen molar-refractivity contribution in [1.82, 2.24) is 5.32 Å². The van der Waals surface area contributed by atoms with Gasteiger partial charge in [0.2, 0.25) is 0 Å². The Labute approximate surface area is 146 Å².